The van der Waals surface area contributed by atoms with Crippen molar-refractivity contribution in [2.45, 2.75) is 19.9 Å². The predicted octanol–water partition coefficient (Wildman–Crippen LogP) is 2.65. The standard InChI is InChI=1S/C12H14ClN5O2/c1-9-14-4-6-17(9)5-2-3-15-12-11(13)7-10(8-16-12)18(19)20/h4,6-8H,2-3,5H2,1H3,(H,15,16). The minimum atomic E-state index is -0.523. The molecule has 0 fully saturated rings. The van der Waals surface area contributed by atoms with Crippen molar-refractivity contribution < 1.29 is 4.92 Å². The highest BCUT2D eigenvalue weighted by Crippen LogP contribution is 2.23. The summed E-state index contributed by atoms with van der Waals surface area (Å²) in [5.74, 6) is 1.43. The van der Waals surface area contributed by atoms with E-state index in [0.717, 1.165) is 18.8 Å². The van der Waals surface area contributed by atoms with Gasteiger partial charge in [0.1, 0.15) is 17.8 Å². The lowest BCUT2D eigenvalue weighted by Gasteiger charge is -2.08. The van der Waals surface area contributed by atoms with Crippen LogP contribution < -0.4 is 5.32 Å². The molecule has 0 saturated carbocycles. The average Bonchev–Trinajstić information content (AvgIpc) is 2.81. The van der Waals surface area contributed by atoms with Gasteiger partial charge in [0.05, 0.1) is 9.95 Å². The molecule has 1 N–H and O–H groups in total. The number of hydrogen-bond donors (Lipinski definition) is 1. The topological polar surface area (TPSA) is 85.9 Å². The smallest absolute Gasteiger partial charge is 0.289 e. The van der Waals surface area contributed by atoms with E-state index in [9.17, 15) is 10.1 Å². The van der Waals surface area contributed by atoms with E-state index in [1.807, 2.05) is 17.7 Å². The SMILES string of the molecule is Cc1nccn1CCCNc1ncc([N+](=O)[O-])cc1Cl. The number of rotatable bonds is 6. The summed E-state index contributed by atoms with van der Waals surface area (Å²) in [5.41, 5.74) is -0.116. The molecule has 0 radical (unpaired) electrons. The van der Waals surface area contributed by atoms with Crippen molar-refractivity contribution in [2.24, 2.45) is 0 Å². The van der Waals surface area contributed by atoms with E-state index in [4.69, 9.17) is 11.6 Å². The number of imidazole rings is 1. The Morgan fingerprint density at radius 1 is 1.50 bits per heavy atom. The molecular weight excluding hydrogens is 282 g/mol. The first-order valence-electron chi connectivity index (χ1n) is 6.09. The van der Waals surface area contributed by atoms with Crippen LogP contribution in [0.2, 0.25) is 5.02 Å². The first-order chi connectivity index (χ1) is 9.58. The molecule has 0 atom stereocenters. The van der Waals surface area contributed by atoms with Crippen molar-refractivity contribution in [3.8, 4) is 0 Å². The van der Waals surface area contributed by atoms with E-state index >= 15 is 0 Å². The van der Waals surface area contributed by atoms with Crippen LogP contribution in [0.5, 0.6) is 0 Å². The fourth-order valence-electron chi connectivity index (χ4n) is 1.75. The highest BCUT2D eigenvalue weighted by Gasteiger charge is 2.10. The predicted molar refractivity (Wildman–Crippen MR) is 76.0 cm³/mol. The fraction of sp³-hybridized carbons (Fsp3) is 0.333. The summed E-state index contributed by atoms with van der Waals surface area (Å²) in [6.07, 6.45) is 5.74. The number of anilines is 1. The molecule has 0 spiro atoms. The van der Waals surface area contributed by atoms with Crippen LogP contribution in [0.3, 0.4) is 0 Å². The molecule has 0 aliphatic rings. The molecule has 2 heterocycles. The van der Waals surface area contributed by atoms with Crippen LogP contribution in [-0.2, 0) is 6.54 Å². The van der Waals surface area contributed by atoms with Crippen LogP contribution in [0.4, 0.5) is 11.5 Å². The summed E-state index contributed by atoms with van der Waals surface area (Å²) in [5, 5.41) is 13.9. The number of nitro groups is 1. The third kappa shape index (κ3) is 3.45. The van der Waals surface area contributed by atoms with E-state index < -0.39 is 4.92 Å². The first kappa shape index (κ1) is 14.3. The van der Waals surface area contributed by atoms with Crippen LogP contribution in [0, 0.1) is 17.0 Å². The van der Waals surface area contributed by atoms with Gasteiger partial charge in [0.15, 0.2) is 0 Å². The van der Waals surface area contributed by atoms with Crippen LogP contribution in [0.15, 0.2) is 24.7 Å². The third-order valence-electron chi connectivity index (χ3n) is 2.83. The number of halogens is 1. The second-order valence-corrected chi connectivity index (χ2v) is 4.64. The van der Waals surface area contributed by atoms with Gasteiger partial charge in [-0.2, -0.15) is 0 Å². The molecule has 0 amide bonds. The minimum Gasteiger partial charge on any atom is -0.369 e. The summed E-state index contributed by atoms with van der Waals surface area (Å²) < 4.78 is 2.05. The van der Waals surface area contributed by atoms with E-state index in [1.165, 1.54) is 12.3 Å². The Balaban J connectivity index is 1.85. The number of pyridine rings is 1. The Morgan fingerprint density at radius 3 is 2.90 bits per heavy atom. The molecule has 0 saturated heterocycles. The van der Waals surface area contributed by atoms with Gasteiger partial charge in [0.25, 0.3) is 5.69 Å². The third-order valence-corrected chi connectivity index (χ3v) is 3.12. The number of nitrogens with zero attached hydrogens (tertiary/aromatic N) is 4. The van der Waals surface area contributed by atoms with Gasteiger partial charge in [0, 0.05) is 31.5 Å². The van der Waals surface area contributed by atoms with Crippen molar-refractivity contribution in [2.75, 3.05) is 11.9 Å². The molecule has 0 aromatic carbocycles. The van der Waals surface area contributed by atoms with E-state index in [1.54, 1.807) is 6.20 Å². The maximum atomic E-state index is 10.6. The van der Waals surface area contributed by atoms with E-state index in [2.05, 4.69) is 15.3 Å². The summed E-state index contributed by atoms with van der Waals surface area (Å²) in [6, 6.07) is 1.29. The Morgan fingerprint density at radius 2 is 2.30 bits per heavy atom. The van der Waals surface area contributed by atoms with Crippen molar-refractivity contribution in [1.82, 2.24) is 14.5 Å². The molecule has 2 rings (SSSR count). The van der Waals surface area contributed by atoms with Gasteiger partial charge in [-0.1, -0.05) is 11.6 Å². The van der Waals surface area contributed by atoms with E-state index in [0.29, 0.717) is 12.4 Å². The van der Waals surface area contributed by atoms with Crippen LogP contribution in [0.1, 0.15) is 12.2 Å². The molecule has 0 bridgehead atoms. The normalized spacial score (nSPS) is 10.5. The van der Waals surface area contributed by atoms with Gasteiger partial charge in [-0.25, -0.2) is 9.97 Å². The zero-order chi connectivity index (χ0) is 14.5. The number of aryl methyl sites for hydroxylation is 2. The molecule has 8 heteroatoms. The van der Waals surface area contributed by atoms with Gasteiger partial charge in [-0.05, 0) is 13.3 Å². The van der Waals surface area contributed by atoms with Crippen molar-refractivity contribution in [3.05, 3.63) is 45.6 Å². The van der Waals surface area contributed by atoms with Gasteiger partial charge in [-0.3, -0.25) is 10.1 Å². The number of aromatic nitrogens is 3. The molecule has 2 aromatic rings. The number of nitrogens with one attached hydrogen (secondary N) is 1. The second kappa shape index (κ2) is 6.33. The molecule has 20 heavy (non-hydrogen) atoms. The lowest BCUT2D eigenvalue weighted by atomic mass is 10.3. The Hall–Kier alpha value is -2.15. The molecular formula is C12H14ClN5O2. The second-order valence-electron chi connectivity index (χ2n) is 4.23. The molecule has 0 aliphatic carbocycles. The van der Waals surface area contributed by atoms with Gasteiger partial charge in [0.2, 0.25) is 0 Å². The molecule has 0 aliphatic heterocycles. The van der Waals surface area contributed by atoms with Gasteiger partial charge >= 0.3 is 0 Å². The average molecular weight is 296 g/mol. The molecule has 2 aromatic heterocycles. The fourth-order valence-corrected chi connectivity index (χ4v) is 1.98. The highest BCUT2D eigenvalue weighted by atomic mass is 35.5. The Labute approximate surface area is 120 Å². The lowest BCUT2D eigenvalue weighted by molar-refractivity contribution is -0.385. The maximum Gasteiger partial charge on any atom is 0.289 e. The maximum absolute atomic E-state index is 10.6. The molecule has 0 unspecified atom stereocenters. The van der Waals surface area contributed by atoms with E-state index in [-0.39, 0.29) is 10.7 Å². The van der Waals surface area contributed by atoms with Crippen LogP contribution >= 0.6 is 11.6 Å². The Bertz CT molecular complexity index is 614. The van der Waals surface area contributed by atoms with Gasteiger partial charge < -0.3 is 9.88 Å². The quantitative estimate of drug-likeness (QED) is 0.503. The largest absolute Gasteiger partial charge is 0.369 e. The van der Waals surface area contributed by atoms with Crippen LogP contribution in [-0.4, -0.2) is 26.0 Å². The summed E-state index contributed by atoms with van der Waals surface area (Å²) in [7, 11) is 0. The lowest BCUT2D eigenvalue weighted by Crippen LogP contribution is -2.08. The zero-order valence-corrected chi connectivity index (χ0v) is 11.7. The minimum absolute atomic E-state index is 0.116. The molecule has 106 valence electrons. The summed E-state index contributed by atoms with van der Waals surface area (Å²) in [4.78, 5) is 18.1. The van der Waals surface area contributed by atoms with Crippen molar-refractivity contribution in [1.29, 1.82) is 0 Å². The highest BCUT2D eigenvalue weighted by molar-refractivity contribution is 6.33. The monoisotopic (exact) mass is 295 g/mol. The summed E-state index contributed by atoms with van der Waals surface area (Å²) in [6.45, 7) is 3.45. The van der Waals surface area contributed by atoms with Crippen molar-refractivity contribution >= 4 is 23.1 Å². The Kier molecular flexibility index (Phi) is 4.52. The zero-order valence-electron chi connectivity index (χ0n) is 10.9. The van der Waals surface area contributed by atoms with Crippen LogP contribution in [0.25, 0.3) is 0 Å². The molecule has 7 nitrogen and oxygen atoms in total. The summed E-state index contributed by atoms with van der Waals surface area (Å²) >= 11 is 5.93. The van der Waals surface area contributed by atoms with Crippen molar-refractivity contribution in [3.63, 3.8) is 0 Å². The number of hydrogen-bond acceptors (Lipinski definition) is 5. The van der Waals surface area contributed by atoms with Gasteiger partial charge in [-0.15, -0.1) is 0 Å². The first-order valence-corrected chi connectivity index (χ1v) is 6.47.